The fraction of sp³-hybridized carbons (Fsp3) is 0.472. The van der Waals surface area contributed by atoms with E-state index in [0.717, 1.165) is 70.5 Å². The topological polar surface area (TPSA) is 108 Å². The molecule has 242 valence electrons. The summed E-state index contributed by atoms with van der Waals surface area (Å²) in [5, 5.41) is 5.93. The SMILES string of the molecule is CCC[C@@H](CC(CN)(c1ccccc1)C1CCN(CC2CN(c3ccc(S(=O)(=O)c4ccccc4)cc3)C2)CC1)NC(=O)NC. The predicted molar refractivity (Wildman–Crippen MR) is 181 cm³/mol. The summed E-state index contributed by atoms with van der Waals surface area (Å²) in [4.78, 5) is 17.9. The lowest BCUT2D eigenvalue weighted by Crippen LogP contribution is -2.55. The number of urea groups is 1. The number of rotatable bonds is 13. The molecule has 9 heteroatoms. The zero-order valence-electron chi connectivity index (χ0n) is 26.7. The molecule has 0 aliphatic carbocycles. The molecule has 2 aliphatic heterocycles. The monoisotopic (exact) mass is 631 g/mol. The molecule has 2 heterocycles. The Hall–Kier alpha value is -3.40. The minimum atomic E-state index is -3.51. The van der Waals surface area contributed by atoms with Crippen molar-refractivity contribution in [3.8, 4) is 0 Å². The third-order valence-electron chi connectivity index (χ3n) is 9.93. The highest BCUT2D eigenvalue weighted by molar-refractivity contribution is 7.91. The van der Waals surface area contributed by atoms with Crippen LogP contribution in [0.25, 0.3) is 0 Å². The maximum absolute atomic E-state index is 12.9. The quantitative estimate of drug-likeness (QED) is 0.244. The molecule has 0 spiro atoms. The molecule has 2 atom stereocenters. The van der Waals surface area contributed by atoms with Crippen molar-refractivity contribution in [2.24, 2.45) is 17.6 Å². The molecule has 0 bridgehead atoms. The van der Waals surface area contributed by atoms with Crippen LogP contribution in [0.4, 0.5) is 10.5 Å². The molecule has 8 nitrogen and oxygen atoms in total. The largest absolute Gasteiger partial charge is 0.371 e. The van der Waals surface area contributed by atoms with E-state index in [4.69, 9.17) is 5.73 Å². The summed E-state index contributed by atoms with van der Waals surface area (Å²) in [7, 11) is -1.84. The molecule has 2 aliphatic rings. The lowest BCUT2D eigenvalue weighted by atomic mass is 9.63. The number of carbonyl (C=O) groups is 1. The lowest BCUT2D eigenvalue weighted by Gasteiger charge is -2.48. The summed E-state index contributed by atoms with van der Waals surface area (Å²) in [5.41, 5.74) is 8.83. The molecule has 0 radical (unpaired) electrons. The zero-order chi connectivity index (χ0) is 31.9. The molecule has 45 heavy (non-hydrogen) atoms. The van der Waals surface area contributed by atoms with E-state index in [0.29, 0.717) is 28.2 Å². The minimum Gasteiger partial charge on any atom is -0.371 e. The first-order valence-corrected chi connectivity index (χ1v) is 17.9. The number of benzene rings is 3. The Balaban J connectivity index is 1.17. The maximum Gasteiger partial charge on any atom is 0.314 e. The molecule has 1 unspecified atom stereocenters. The molecule has 4 N–H and O–H groups in total. The van der Waals surface area contributed by atoms with Crippen LogP contribution in [0.15, 0.2) is 94.7 Å². The van der Waals surface area contributed by atoms with Gasteiger partial charge in [-0.3, -0.25) is 0 Å². The number of likely N-dealkylation sites (tertiary alicyclic amines) is 1. The van der Waals surface area contributed by atoms with Crippen LogP contribution in [0.1, 0.15) is 44.6 Å². The standard InChI is InChI=1S/C36H49N5O3S/c1-3-10-31(39-35(42)38-2)23-36(27-37,29-11-6-4-7-12-29)30-19-21-40(22-20-30)24-28-25-41(26-28)32-15-17-34(18-16-32)45(43,44)33-13-8-5-9-14-33/h4-9,11-18,28,30-31H,3,10,19-27,37H2,1-2H3,(H2,38,39,42)/t31-,36?/m0/s1. The van der Waals surface area contributed by atoms with Crippen molar-refractivity contribution in [2.45, 2.75) is 60.3 Å². The summed E-state index contributed by atoms with van der Waals surface area (Å²) in [5.74, 6) is 1.03. The predicted octanol–water partition coefficient (Wildman–Crippen LogP) is 5.05. The molecule has 3 aromatic carbocycles. The van der Waals surface area contributed by atoms with Gasteiger partial charge in [0.2, 0.25) is 9.84 Å². The Bertz CT molecular complexity index is 1470. The highest BCUT2D eigenvalue weighted by atomic mass is 32.2. The molecule has 2 saturated heterocycles. The second kappa shape index (κ2) is 14.8. The van der Waals surface area contributed by atoms with E-state index < -0.39 is 9.84 Å². The van der Waals surface area contributed by atoms with E-state index >= 15 is 0 Å². The highest BCUT2D eigenvalue weighted by Crippen LogP contribution is 2.42. The first-order chi connectivity index (χ1) is 21.8. The van der Waals surface area contributed by atoms with Crippen molar-refractivity contribution in [2.75, 3.05) is 51.2 Å². The number of amides is 2. The summed E-state index contributed by atoms with van der Waals surface area (Å²) >= 11 is 0. The Kier molecular flexibility index (Phi) is 10.8. The minimum absolute atomic E-state index is 0.0604. The third kappa shape index (κ3) is 7.54. The third-order valence-corrected chi connectivity index (χ3v) is 11.7. The number of carbonyl (C=O) groups excluding carboxylic acids is 1. The van der Waals surface area contributed by atoms with Crippen molar-refractivity contribution in [1.29, 1.82) is 0 Å². The van der Waals surface area contributed by atoms with Crippen molar-refractivity contribution in [3.63, 3.8) is 0 Å². The normalized spacial score (nSPS) is 18.5. The fourth-order valence-corrected chi connectivity index (χ4v) is 8.71. The molecule has 0 aromatic heterocycles. The number of nitrogens with two attached hydrogens (primary N) is 1. The average Bonchev–Trinajstić information content (AvgIpc) is 3.06. The second-order valence-electron chi connectivity index (χ2n) is 12.8. The van der Waals surface area contributed by atoms with Gasteiger partial charge in [-0.05, 0) is 86.7 Å². The van der Waals surface area contributed by atoms with Crippen LogP contribution in [-0.4, -0.2) is 71.7 Å². The Labute approximate surface area is 269 Å². The van der Waals surface area contributed by atoms with Gasteiger partial charge in [0, 0.05) is 56.3 Å². The summed E-state index contributed by atoms with van der Waals surface area (Å²) in [6.45, 7) is 7.83. The number of anilines is 1. The molecular formula is C36H49N5O3S. The van der Waals surface area contributed by atoms with E-state index in [1.54, 1.807) is 43.4 Å². The van der Waals surface area contributed by atoms with Gasteiger partial charge in [-0.25, -0.2) is 13.2 Å². The first-order valence-electron chi connectivity index (χ1n) is 16.4. The average molecular weight is 632 g/mol. The van der Waals surface area contributed by atoms with Gasteiger partial charge < -0.3 is 26.2 Å². The van der Waals surface area contributed by atoms with Gasteiger partial charge in [-0.2, -0.15) is 0 Å². The van der Waals surface area contributed by atoms with Crippen molar-refractivity contribution < 1.29 is 13.2 Å². The molecule has 3 aromatic rings. The lowest BCUT2D eigenvalue weighted by molar-refractivity contribution is 0.0996. The van der Waals surface area contributed by atoms with Gasteiger partial charge in [0.1, 0.15) is 0 Å². The van der Waals surface area contributed by atoms with Gasteiger partial charge in [-0.15, -0.1) is 0 Å². The van der Waals surface area contributed by atoms with Crippen LogP contribution in [0, 0.1) is 11.8 Å². The summed E-state index contributed by atoms with van der Waals surface area (Å²) in [6.07, 6.45) is 4.92. The maximum atomic E-state index is 12.9. The van der Waals surface area contributed by atoms with Crippen LogP contribution < -0.4 is 21.3 Å². The molecule has 5 rings (SSSR count). The van der Waals surface area contributed by atoms with Crippen LogP contribution >= 0.6 is 0 Å². The van der Waals surface area contributed by atoms with Crippen LogP contribution in [0.3, 0.4) is 0 Å². The zero-order valence-corrected chi connectivity index (χ0v) is 27.5. The summed E-state index contributed by atoms with van der Waals surface area (Å²) in [6, 6.07) is 26.5. The number of sulfone groups is 1. The van der Waals surface area contributed by atoms with Gasteiger partial charge in [-0.1, -0.05) is 61.9 Å². The molecule has 2 fully saturated rings. The highest BCUT2D eigenvalue weighted by Gasteiger charge is 2.43. The number of hydrogen-bond donors (Lipinski definition) is 3. The smallest absolute Gasteiger partial charge is 0.314 e. The van der Waals surface area contributed by atoms with E-state index in [9.17, 15) is 13.2 Å². The van der Waals surface area contributed by atoms with Gasteiger partial charge >= 0.3 is 6.03 Å². The number of piperidine rings is 1. The molecule has 2 amide bonds. The summed E-state index contributed by atoms with van der Waals surface area (Å²) < 4.78 is 25.9. The first kappa shape index (κ1) is 33.0. The Morgan fingerprint density at radius 3 is 2.11 bits per heavy atom. The molecular weight excluding hydrogens is 582 g/mol. The van der Waals surface area contributed by atoms with Crippen LogP contribution in [0.5, 0.6) is 0 Å². The van der Waals surface area contributed by atoms with Crippen LogP contribution in [0.2, 0.25) is 0 Å². The Morgan fingerprint density at radius 2 is 1.53 bits per heavy atom. The van der Waals surface area contributed by atoms with Crippen molar-refractivity contribution in [1.82, 2.24) is 15.5 Å². The van der Waals surface area contributed by atoms with Crippen LogP contribution in [-0.2, 0) is 15.3 Å². The van der Waals surface area contributed by atoms with Gasteiger partial charge in [0.15, 0.2) is 0 Å². The van der Waals surface area contributed by atoms with E-state index in [-0.39, 0.29) is 17.5 Å². The number of hydrogen-bond acceptors (Lipinski definition) is 6. The fourth-order valence-electron chi connectivity index (χ4n) is 7.43. The number of nitrogens with zero attached hydrogens (tertiary/aromatic N) is 2. The second-order valence-corrected chi connectivity index (χ2v) is 14.7. The number of nitrogens with one attached hydrogen (secondary N) is 2. The Morgan fingerprint density at radius 1 is 0.933 bits per heavy atom. The van der Waals surface area contributed by atoms with Gasteiger partial charge in [0.05, 0.1) is 9.79 Å². The van der Waals surface area contributed by atoms with Crippen molar-refractivity contribution >= 4 is 21.6 Å². The van der Waals surface area contributed by atoms with E-state index in [2.05, 4.69) is 57.7 Å². The molecule has 0 saturated carbocycles. The van der Waals surface area contributed by atoms with Crippen molar-refractivity contribution in [3.05, 3.63) is 90.5 Å². The van der Waals surface area contributed by atoms with E-state index in [1.807, 2.05) is 18.2 Å². The van der Waals surface area contributed by atoms with Gasteiger partial charge in [0.25, 0.3) is 0 Å². The van der Waals surface area contributed by atoms with E-state index in [1.165, 1.54) is 5.56 Å².